The zero-order chi connectivity index (χ0) is 26.8. The number of H-pyrrole nitrogens is 2. The number of imidazole rings is 1. The molecule has 0 saturated carbocycles. The van der Waals surface area contributed by atoms with E-state index in [9.17, 15) is 9.18 Å². The van der Waals surface area contributed by atoms with Crippen LogP contribution in [0, 0.1) is 19.7 Å². The number of carbonyl (C=O) groups excluding carboxylic acids is 1. The maximum atomic E-state index is 14.3. The minimum atomic E-state index is -0.544. The van der Waals surface area contributed by atoms with Crippen molar-refractivity contribution in [1.82, 2.24) is 30.8 Å². The predicted octanol–water partition coefficient (Wildman–Crippen LogP) is 6.80. The molecule has 0 spiro atoms. The van der Waals surface area contributed by atoms with Crippen LogP contribution in [0.3, 0.4) is 0 Å². The third-order valence-electron chi connectivity index (χ3n) is 6.42. The number of nitrogens with zero attached hydrogens (tertiary/aromatic N) is 2. The third kappa shape index (κ3) is 5.37. The van der Waals surface area contributed by atoms with Crippen molar-refractivity contribution in [2.45, 2.75) is 32.9 Å². The Morgan fingerprint density at radius 2 is 1.87 bits per heavy atom. The number of rotatable bonds is 7. The molecule has 0 aliphatic carbocycles. The first kappa shape index (κ1) is 25.8. The van der Waals surface area contributed by atoms with Gasteiger partial charge in [-0.25, -0.2) is 14.2 Å². The van der Waals surface area contributed by atoms with E-state index < -0.39 is 17.9 Å². The number of hydrogen-bond donors (Lipinski definition) is 4. The highest BCUT2D eigenvalue weighted by molar-refractivity contribution is 6.32. The first-order chi connectivity index (χ1) is 18.3. The van der Waals surface area contributed by atoms with Crippen molar-refractivity contribution in [3.63, 3.8) is 0 Å². The zero-order valence-corrected chi connectivity index (χ0v) is 22.2. The van der Waals surface area contributed by atoms with Crippen molar-refractivity contribution >= 4 is 40.1 Å². The first-order valence-electron chi connectivity index (χ1n) is 12.0. The van der Waals surface area contributed by atoms with Crippen LogP contribution < -0.4 is 10.6 Å². The van der Waals surface area contributed by atoms with Crippen LogP contribution in [-0.4, -0.2) is 26.2 Å². The van der Waals surface area contributed by atoms with Gasteiger partial charge in [-0.3, -0.25) is 5.10 Å². The number of aromatic amines is 2. The number of aromatic nitrogens is 4. The Morgan fingerprint density at radius 1 is 1.08 bits per heavy atom. The van der Waals surface area contributed by atoms with Gasteiger partial charge in [0.1, 0.15) is 22.5 Å². The quantitative estimate of drug-likeness (QED) is 0.179. The average molecular weight is 551 g/mol. The summed E-state index contributed by atoms with van der Waals surface area (Å²) >= 11 is 12.8. The predicted molar refractivity (Wildman–Crippen MR) is 148 cm³/mol. The van der Waals surface area contributed by atoms with Gasteiger partial charge in [-0.1, -0.05) is 71.7 Å². The van der Waals surface area contributed by atoms with Gasteiger partial charge in [0.05, 0.1) is 16.6 Å². The van der Waals surface area contributed by atoms with Crippen LogP contribution in [-0.2, 0) is 13.0 Å². The fourth-order valence-electron chi connectivity index (χ4n) is 4.34. The van der Waals surface area contributed by atoms with Gasteiger partial charge < -0.3 is 15.6 Å². The summed E-state index contributed by atoms with van der Waals surface area (Å²) in [4.78, 5) is 20.8. The second-order valence-electron chi connectivity index (χ2n) is 9.09. The summed E-state index contributed by atoms with van der Waals surface area (Å²) in [6.45, 7) is 3.68. The molecule has 7 nitrogen and oxygen atoms in total. The summed E-state index contributed by atoms with van der Waals surface area (Å²) in [7, 11) is 0. The van der Waals surface area contributed by atoms with Gasteiger partial charge in [-0.05, 0) is 43.5 Å². The molecule has 4 N–H and O–H groups in total. The van der Waals surface area contributed by atoms with Gasteiger partial charge in [0.15, 0.2) is 0 Å². The van der Waals surface area contributed by atoms with Gasteiger partial charge in [-0.15, -0.1) is 0 Å². The lowest BCUT2D eigenvalue weighted by Gasteiger charge is -2.18. The largest absolute Gasteiger partial charge is 0.334 e. The van der Waals surface area contributed by atoms with Crippen LogP contribution in [0.5, 0.6) is 0 Å². The molecule has 194 valence electrons. The Bertz CT molecular complexity index is 1610. The maximum Gasteiger partial charge on any atom is 0.315 e. The highest BCUT2D eigenvalue weighted by Crippen LogP contribution is 2.31. The molecular formula is C28H25Cl2FN6O. The van der Waals surface area contributed by atoms with E-state index in [2.05, 4.69) is 25.8 Å². The van der Waals surface area contributed by atoms with E-state index in [1.54, 1.807) is 13.0 Å². The molecule has 2 aromatic heterocycles. The maximum absolute atomic E-state index is 14.3. The van der Waals surface area contributed by atoms with Crippen molar-refractivity contribution in [1.29, 1.82) is 0 Å². The molecule has 5 aromatic rings. The van der Waals surface area contributed by atoms with E-state index in [0.717, 1.165) is 33.3 Å². The molecule has 5 rings (SSSR count). The van der Waals surface area contributed by atoms with E-state index in [-0.39, 0.29) is 17.1 Å². The molecule has 0 radical (unpaired) electrons. The molecule has 0 bridgehead atoms. The molecular weight excluding hydrogens is 526 g/mol. The number of amides is 2. The summed E-state index contributed by atoms with van der Waals surface area (Å²) in [5.41, 5.74) is 5.09. The van der Waals surface area contributed by atoms with Crippen LogP contribution in [0.1, 0.15) is 34.3 Å². The molecule has 0 fully saturated rings. The van der Waals surface area contributed by atoms with Crippen LogP contribution in [0.2, 0.25) is 10.2 Å². The SMILES string of the molecule is Cc1ccc(F)c(CNC(=O)N[C@@H](Cc2ccccc2)c2nc(-c3ccc4c(C)[nH]nc4c3)c(Cl)[nH]2)c1Cl. The van der Waals surface area contributed by atoms with E-state index in [4.69, 9.17) is 28.2 Å². The fourth-order valence-corrected chi connectivity index (χ4v) is 4.81. The zero-order valence-electron chi connectivity index (χ0n) is 20.7. The van der Waals surface area contributed by atoms with Gasteiger partial charge in [-0.2, -0.15) is 5.10 Å². The van der Waals surface area contributed by atoms with E-state index in [0.29, 0.717) is 23.1 Å². The number of carbonyl (C=O) groups is 1. The monoisotopic (exact) mass is 550 g/mol. The standard InChI is InChI=1S/C28H25Cl2FN6O/c1-15-8-11-21(31)20(24(15)29)14-32-28(38)33-23(12-17-6-4-3-5-7-17)27-34-25(26(30)35-27)18-9-10-19-16(2)36-37-22(19)13-18/h3-11,13,23H,12,14H2,1-2H3,(H,34,35)(H,36,37)(H2,32,33,38)/t23-/m0/s1. The Kier molecular flexibility index (Phi) is 7.35. The Morgan fingerprint density at radius 3 is 2.66 bits per heavy atom. The number of aryl methyl sites for hydroxylation is 2. The van der Waals surface area contributed by atoms with Gasteiger partial charge in [0, 0.05) is 28.8 Å². The second kappa shape index (κ2) is 10.8. The van der Waals surface area contributed by atoms with E-state index >= 15 is 0 Å². The Labute approximate surface area is 228 Å². The number of hydrogen-bond acceptors (Lipinski definition) is 3. The minimum absolute atomic E-state index is 0.0660. The molecule has 2 heterocycles. The molecule has 0 aliphatic heterocycles. The first-order valence-corrected chi connectivity index (χ1v) is 12.8. The molecule has 38 heavy (non-hydrogen) atoms. The summed E-state index contributed by atoms with van der Waals surface area (Å²) < 4.78 is 14.3. The second-order valence-corrected chi connectivity index (χ2v) is 9.85. The average Bonchev–Trinajstić information content (AvgIpc) is 3.48. The van der Waals surface area contributed by atoms with Crippen LogP contribution in [0.25, 0.3) is 22.2 Å². The smallest absolute Gasteiger partial charge is 0.315 e. The molecule has 0 unspecified atom stereocenters. The van der Waals surface area contributed by atoms with Crippen molar-refractivity contribution in [2.75, 3.05) is 0 Å². The summed E-state index contributed by atoms with van der Waals surface area (Å²) in [6, 6.07) is 17.4. The van der Waals surface area contributed by atoms with E-state index in [1.165, 1.54) is 6.07 Å². The number of nitrogens with one attached hydrogen (secondary N) is 4. The normalized spacial score (nSPS) is 12.0. The molecule has 0 saturated heterocycles. The lowest BCUT2D eigenvalue weighted by molar-refractivity contribution is 0.236. The molecule has 3 aromatic carbocycles. The Hall–Kier alpha value is -3.88. The Balaban J connectivity index is 1.40. The number of benzene rings is 3. The van der Waals surface area contributed by atoms with E-state index in [1.807, 2.05) is 55.5 Å². The fraction of sp³-hybridized carbons (Fsp3) is 0.179. The number of fused-ring (bicyclic) bond motifs is 1. The molecule has 0 aliphatic rings. The lowest BCUT2D eigenvalue weighted by Crippen LogP contribution is -2.39. The molecule has 1 atom stereocenters. The summed E-state index contributed by atoms with van der Waals surface area (Å²) in [5.74, 6) is 0.00958. The molecule has 2 amide bonds. The summed E-state index contributed by atoms with van der Waals surface area (Å²) in [5, 5.41) is 14.6. The van der Waals surface area contributed by atoms with Gasteiger partial charge >= 0.3 is 6.03 Å². The topological polar surface area (TPSA) is 98.5 Å². The minimum Gasteiger partial charge on any atom is -0.334 e. The van der Waals surface area contributed by atoms with Crippen molar-refractivity contribution in [3.05, 3.63) is 105 Å². The van der Waals surface area contributed by atoms with Crippen LogP contribution in [0.15, 0.2) is 60.7 Å². The lowest BCUT2D eigenvalue weighted by atomic mass is 10.1. The van der Waals surface area contributed by atoms with Crippen molar-refractivity contribution in [2.24, 2.45) is 0 Å². The van der Waals surface area contributed by atoms with Crippen LogP contribution in [0.4, 0.5) is 9.18 Å². The van der Waals surface area contributed by atoms with Crippen LogP contribution >= 0.6 is 23.2 Å². The third-order valence-corrected chi connectivity index (χ3v) is 7.22. The number of halogens is 3. The highest BCUT2D eigenvalue weighted by atomic mass is 35.5. The van der Waals surface area contributed by atoms with Gasteiger partial charge in [0.25, 0.3) is 0 Å². The van der Waals surface area contributed by atoms with Crippen molar-refractivity contribution in [3.8, 4) is 11.3 Å². The summed E-state index contributed by atoms with van der Waals surface area (Å²) in [6.07, 6.45) is 0.453. The van der Waals surface area contributed by atoms with Gasteiger partial charge in [0.2, 0.25) is 0 Å². The number of urea groups is 1. The highest BCUT2D eigenvalue weighted by Gasteiger charge is 2.22. The van der Waals surface area contributed by atoms with Crippen molar-refractivity contribution < 1.29 is 9.18 Å². The molecule has 10 heteroatoms.